The van der Waals surface area contributed by atoms with E-state index >= 15 is 0 Å². The minimum absolute atomic E-state index is 0.300. The number of urea groups is 1. The van der Waals surface area contributed by atoms with Crippen LogP contribution in [0.15, 0.2) is 36.7 Å². The minimum Gasteiger partial charge on any atom is -0.323 e. The summed E-state index contributed by atoms with van der Waals surface area (Å²) in [4.78, 5) is 42.0. The van der Waals surface area contributed by atoms with Crippen LogP contribution in [0.4, 0.5) is 10.5 Å². The molecule has 2 aromatic rings. The van der Waals surface area contributed by atoms with E-state index in [0.717, 1.165) is 28.5 Å². The van der Waals surface area contributed by atoms with Crippen molar-refractivity contribution in [1.82, 2.24) is 20.6 Å². The molecule has 1 saturated heterocycles. The second kappa shape index (κ2) is 6.29. The van der Waals surface area contributed by atoms with Gasteiger partial charge in [0.2, 0.25) is 0 Å². The largest absolute Gasteiger partial charge is 0.325 e. The second-order valence-corrected chi connectivity index (χ2v) is 6.69. The van der Waals surface area contributed by atoms with Crippen LogP contribution in [0.5, 0.6) is 0 Å². The van der Waals surface area contributed by atoms with Crippen molar-refractivity contribution in [2.24, 2.45) is 0 Å². The maximum atomic E-state index is 12.6. The lowest BCUT2D eigenvalue weighted by atomic mass is 9.98. The number of carbonyl (C=O) groups excluding carboxylic acids is 3. The molecule has 2 heterocycles. The number of nitrogens with one attached hydrogen (secondary N) is 3. The highest BCUT2D eigenvalue weighted by Gasteiger charge is 2.52. The summed E-state index contributed by atoms with van der Waals surface area (Å²) in [7, 11) is 0. The highest BCUT2D eigenvalue weighted by Crippen LogP contribution is 2.34. The zero-order valence-corrected chi connectivity index (χ0v) is 14.1. The fourth-order valence-electron chi connectivity index (χ4n) is 3.69. The Morgan fingerprint density at radius 3 is 2.85 bits per heavy atom. The molecule has 0 radical (unpaired) electrons. The molecule has 2 aliphatic rings. The summed E-state index contributed by atoms with van der Waals surface area (Å²) in [6.45, 7) is -0.314. The maximum Gasteiger partial charge on any atom is 0.325 e. The zero-order valence-electron chi connectivity index (χ0n) is 14.1. The quantitative estimate of drug-likeness (QED) is 0.571. The Hall–Kier alpha value is -3.16. The summed E-state index contributed by atoms with van der Waals surface area (Å²) in [6, 6.07) is 6.93. The number of hydrazine groups is 1. The molecule has 8 nitrogen and oxygen atoms in total. The third kappa shape index (κ3) is 2.73. The number of hydrogen-bond acceptors (Lipinski definition) is 5. The average molecular weight is 353 g/mol. The Bertz CT molecular complexity index is 886. The highest BCUT2D eigenvalue weighted by atomic mass is 16.2. The van der Waals surface area contributed by atoms with Crippen LogP contribution in [0.1, 0.15) is 25.7 Å². The molecule has 8 heteroatoms. The monoisotopic (exact) mass is 353 g/mol. The van der Waals surface area contributed by atoms with Crippen LogP contribution < -0.4 is 16.2 Å². The number of aromatic nitrogens is 1. The van der Waals surface area contributed by atoms with Crippen molar-refractivity contribution in [3.63, 3.8) is 0 Å². The number of anilines is 1. The summed E-state index contributed by atoms with van der Waals surface area (Å²) in [5.41, 5.74) is 5.32. The molecule has 3 N–H and O–H groups in total. The number of pyridine rings is 1. The van der Waals surface area contributed by atoms with E-state index in [1.54, 1.807) is 12.4 Å². The van der Waals surface area contributed by atoms with Crippen LogP contribution in [0.2, 0.25) is 0 Å². The minimum atomic E-state index is -0.798. The number of rotatable bonds is 4. The van der Waals surface area contributed by atoms with E-state index in [0.29, 0.717) is 18.5 Å². The fourth-order valence-corrected chi connectivity index (χ4v) is 3.69. The Kier molecular flexibility index (Phi) is 3.95. The van der Waals surface area contributed by atoms with Gasteiger partial charge in [-0.15, -0.1) is 0 Å². The Labute approximate surface area is 149 Å². The molecule has 0 atom stereocenters. The van der Waals surface area contributed by atoms with Crippen LogP contribution in [0.3, 0.4) is 0 Å². The first-order valence-electron chi connectivity index (χ1n) is 8.61. The van der Waals surface area contributed by atoms with Gasteiger partial charge in [0.05, 0.1) is 5.69 Å². The van der Waals surface area contributed by atoms with Gasteiger partial charge in [-0.05, 0) is 25.0 Å². The average Bonchev–Trinajstić information content (AvgIpc) is 3.21. The van der Waals surface area contributed by atoms with Gasteiger partial charge in [0, 0.05) is 23.2 Å². The number of fused-ring (bicyclic) bond motifs is 1. The Balaban J connectivity index is 1.41. The van der Waals surface area contributed by atoms with Crippen LogP contribution in [0, 0.1) is 0 Å². The van der Waals surface area contributed by atoms with Gasteiger partial charge >= 0.3 is 6.03 Å². The SMILES string of the molecule is O=C(CN1C(=O)NC2(CCCC2)C1=O)NNc1cccc2cnccc12. The first-order chi connectivity index (χ1) is 12.6. The van der Waals surface area contributed by atoms with Crippen molar-refractivity contribution >= 4 is 34.3 Å². The molecule has 4 amide bonds. The number of nitrogens with zero attached hydrogens (tertiary/aromatic N) is 2. The summed E-state index contributed by atoms with van der Waals surface area (Å²) < 4.78 is 0. The van der Waals surface area contributed by atoms with Crippen LogP contribution in [0.25, 0.3) is 10.8 Å². The summed E-state index contributed by atoms with van der Waals surface area (Å²) in [5, 5.41) is 4.60. The van der Waals surface area contributed by atoms with E-state index in [4.69, 9.17) is 0 Å². The molecule has 4 rings (SSSR count). The zero-order chi connectivity index (χ0) is 18.1. The van der Waals surface area contributed by atoms with Gasteiger partial charge in [0.25, 0.3) is 11.8 Å². The molecule has 2 fully saturated rings. The molecular weight excluding hydrogens is 334 g/mol. The number of carbonyl (C=O) groups is 3. The maximum absolute atomic E-state index is 12.6. The molecule has 1 aromatic heterocycles. The molecule has 1 saturated carbocycles. The van der Waals surface area contributed by atoms with Gasteiger partial charge in [-0.1, -0.05) is 25.0 Å². The predicted molar refractivity (Wildman–Crippen MR) is 95.0 cm³/mol. The van der Waals surface area contributed by atoms with E-state index in [9.17, 15) is 14.4 Å². The first kappa shape index (κ1) is 16.3. The van der Waals surface area contributed by atoms with Crippen molar-refractivity contribution in [3.8, 4) is 0 Å². The Morgan fingerprint density at radius 1 is 1.23 bits per heavy atom. The van der Waals surface area contributed by atoms with Crippen molar-refractivity contribution < 1.29 is 14.4 Å². The number of imide groups is 1. The van der Waals surface area contributed by atoms with Crippen LogP contribution in [-0.2, 0) is 9.59 Å². The standard InChI is InChI=1S/C18H19N5O3/c24-15(11-23-16(25)18(20-17(23)26)7-1-2-8-18)22-21-14-5-3-4-12-10-19-9-6-13(12)14/h3-6,9-10,21H,1-2,7-8,11H2,(H,20,26)(H,22,24). The molecular formula is C18H19N5O3. The lowest BCUT2D eigenvalue weighted by Crippen LogP contribution is -2.46. The number of hydrogen-bond donors (Lipinski definition) is 3. The molecule has 1 aromatic carbocycles. The van der Waals surface area contributed by atoms with Gasteiger partial charge in [0.15, 0.2) is 0 Å². The third-order valence-electron chi connectivity index (χ3n) is 5.02. The number of amides is 4. The van der Waals surface area contributed by atoms with Gasteiger partial charge < -0.3 is 5.32 Å². The normalized spacial score (nSPS) is 18.4. The van der Waals surface area contributed by atoms with Crippen molar-refractivity contribution in [2.75, 3.05) is 12.0 Å². The first-order valence-corrected chi connectivity index (χ1v) is 8.61. The van der Waals surface area contributed by atoms with Gasteiger partial charge in [-0.3, -0.25) is 30.3 Å². The fraction of sp³-hybridized carbons (Fsp3) is 0.333. The van der Waals surface area contributed by atoms with Crippen molar-refractivity contribution in [1.29, 1.82) is 0 Å². The Morgan fingerprint density at radius 2 is 2.04 bits per heavy atom. The predicted octanol–water partition coefficient (Wildman–Crippen LogP) is 1.54. The third-order valence-corrected chi connectivity index (χ3v) is 5.02. The van der Waals surface area contributed by atoms with E-state index in [1.165, 1.54) is 0 Å². The van der Waals surface area contributed by atoms with Crippen LogP contribution >= 0.6 is 0 Å². The molecule has 0 bridgehead atoms. The van der Waals surface area contributed by atoms with Crippen molar-refractivity contribution in [3.05, 3.63) is 36.7 Å². The topological polar surface area (TPSA) is 103 Å². The smallest absolute Gasteiger partial charge is 0.323 e. The second-order valence-electron chi connectivity index (χ2n) is 6.69. The van der Waals surface area contributed by atoms with E-state index in [-0.39, 0.29) is 12.5 Å². The summed E-state index contributed by atoms with van der Waals surface area (Å²) in [6.07, 6.45) is 6.49. The molecule has 26 heavy (non-hydrogen) atoms. The lowest BCUT2D eigenvalue weighted by Gasteiger charge is -2.20. The van der Waals surface area contributed by atoms with E-state index in [2.05, 4.69) is 21.2 Å². The van der Waals surface area contributed by atoms with Gasteiger partial charge in [-0.25, -0.2) is 4.79 Å². The molecule has 0 unspecified atom stereocenters. The van der Waals surface area contributed by atoms with Crippen molar-refractivity contribution in [2.45, 2.75) is 31.2 Å². The molecule has 1 spiro atoms. The molecule has 1 aliphatic heterocycles. The van der Waals surface area contributed by atoms with E-state index < -0.39 is 17.5 Å². The molecule has 134 valence electrons. The summed E-state index contributed by atoms with van der Waals surface area (Å²) in [5.74, 6) is -0.763. The van der Waals surface area contributed by atoms with E-state index in [1.807, 2.05) is 24.3 Å². The van der Waals surface area contributed by atoms with Gasteiger partial charge in [-0.2, -0.15) is 0 Å². The summed E-state index contributed by atoms with van der Waals surface area (Å²) >= 11 is 0. The number of benzene rings is 1. The van der Waals surface area contributed by atoms with Gasteiger partial charge in [0.1, 0.15) is 12.1 Å². The highest BCUT2D eigenvalue weighted by molar-refractivity contribution is 6.09. The van der Waals surface area contributed by atoms with Crippen LogP contribution in [-0.4, -0.2) is 39.8 Å². The lowest BCUT2D eigenvalue weighted by molar-refractivity contribution is -0.134. The molecule has 1 aliphatic carbocycles.